The van der Waals surface area contributed by atoms with E-state index in [1.807, 2.05) is 6.92 Å². The Balaban J connectivity index is 2.06. The summed E-state index contributed by atoms with van der Waals surface area (Å²) in [4.78, 5) is 2.08. The number of ether oxygens (including phenoxy) is 1. The second-order valence-corrected chi connectivity index (χ2v) is 5.42. The lowest BCUT2D eigenvalue weighted by atomic mass is 10.1. The first-order chi connectivity index (χ1) is 9.38. The smallest absolute Gasteiger partial charge is 0.371 e. The number of benzene rings is 1. The molecule has 2 rings (SSSR count). The van der Waals surface area contributed by atoms with Crippen LogP contribution < -0.4 is 0 Å². The van der Waals surface area contributed by atoms with E-state index < -0.39 is 11.7 Å². The number of rotatable bonds is 3. The van der Waals surface area contributed by atoms with Crippen molar-refractivity contribution in [2.24, 2.45) is 0 Å². The highest BCUT2D eigenvalue weighted by Crippen LogP contribution is 2.30. The molecule has 0 spiro atoms. The monoisotopic (exact) mass is 307 g/mol. The van der Waals surface area contributed by atoms with Crippen molar-refractivity contribution >= 4 is 11.6 Å². The molecular formula is C14H17ClF3NO. The molecule has 2 nitrogen and oxygen atoms in total. The molecule has 2 atom stereocenters. The van der Waals surface area contributed by atoms with Gasteiger partial charge in [0.15, 0.2) is 0 Å². The summed E-state index contributed by atoms with van der Waals surface area (Å²) in [6, 6.07) is 5.45. The van der Waals surface area contributed by atoms with Gasteiger partial charge < -0.3 is 4.74 Å². The molecular weight excluding hydrogens is 291 g/mol. The van der Waals surface area contributed by atoms with E-state index in [0.29, 0.717) is 31.1 Å². The standard InChI is InChI=1S/C14H17ClF3NO/c1-10-7-19(9-13(6-15)20-10)8-11-3-2-4-12(5-11)14(16,17)18/h2-5,10,13H,6-9H2,1H3. The molecule has 0 bridgehead atoms. The third-order valence-electron chi connectivity index (χ3n) is 3.23. The summed E-state index contributed by atoms with van der Waals surface area (Å²) >= 11 is 5.80. The Bertz CT molecular complexity index is 452. The maximum absolute atomic E-state index is 12.7. The number of hydrogen-bond donors (Lipinski definition) is 0. The number of morpholine rings is 1. The van der Waals surface area contributed by atoms with Crippen LogP contribution in [0.2, 0.25) is 0 Å². The Morgan fingerprint density at radius 3 is 2.75 bits per heavy atom. The molecule has 1 aliphatic rings. The molecule has 1 aromatic rings. The number of alkyl halides is 4. The van der Waals surface area contributed by atoms with E-state index >= 15 is 0 Å². The fourth-order valence-electron chi connectivity index (χ4n) is 2.46. The average Bonchev–Trinajstić information content (AvgIpc) is 2.37. The van der Waals surface area contributed by atoms with Gasteiger partial charge in [0, 0.05) is 25.5 Å². The lowest BCUT2D eigenvalue weighted by molar-refractivity contribution is -0.137. The molecule has 0 amide bonds. The van der Waals surface area contributed by atoms with Crippen LogP contribution in [0.4, 0.5) is 13.2 Å². The first-order valence-electron chi connectivity index (χ1n) is 6.48. The van der Waals surface area contributed by atoms with Crippen molar-refractivity contribution in [1.82, 2.24) is 4.90 Å². The highest BCUT2D eigenvalue weighted by molar-refractivity contribution is 6.18. The average molecular weight is 308 g/mol. The summed E-state index contributed by atoms with van der Waals surface area (Å²) in [6.07, 6.45) is -4.32. The Morgan fingerprint density at radius 1 is 1.35 bits per heavy atom. The fourth-order valence-corrected chi connectivity index (χ4v) is 2.63. The van der Waals surface area contributed by atoms with E-state index in [-0.39, 0.29) is 12.2 Å². The van der Waals surface area contributed by atoms with Crippen LogP contribution in [0.3, 0.4) is 0 Å². The van der Waals surface area contributed by atoms with Crippen molar-refractivity contribution in [3.8, 4) is 0 Å². The van der Waals surface area contributed by atoms with Gasteiger partial charge in [-0.1, -0.05) is 18.2 Å². The molecule has 0 radical (unpaired) electrons. The zero-order valence-corrected chi connectivity index (χ0v) is 11.9. The van der Waals surface area contributed by atoms with Gasteiger partial charge in [-0.25, -0.2) is 0 Å². The normalized spacial score (nSPS) is 24.9. The summed E-state index contributed by atoms with van der Waals surface area (Å²) < 4.78 is 43.6. The van der Waals surface area contributed by atoms with Crippen LogP contribution >= 0.6 is 11.6 Å². The summed E-state index contributed by atoms with van der Waals surface area (Å²) in [5.74, 6) is 0.392. The van der Waals surface area contributed by atoms with Gasteiger partial charge in [0.2, 0.25) is 0 Å². The fraction of sp³-hybridized carbons (Fsp3) is 0.571. The third kappa shape index (κ3) is 4.11. The molecule has 1 aromatic carbocycles. The van der Waals surface area contributed by atoms with Gasteiger partial charge in [0.25, 0.3) is 0 Å². The van der Waals surface area contributed by atoms with Crippen LogP contribution in [-0.4, -0.2) is 36.1 Å². The van der Waals surface area contributed by atoms with Crippen LogP contribution in [0.25, 0.3) is 0 Å². The Morgan fingerprint density at radius 2 is 2.10 bits per heavy atom. The van der Waals surface area contributed by atoms with Crippen molar-refractivity contribution in [3.63, 3.8) is 0 Å². The third-order valence-corrected chi connectivity index (χ3v) is 3.58. The quantitative estimate of drug-likeness (QED) is 0.792. The number of nitrogens with zero attached hydrogens (tertiary/aromatic N) is 1. The Hall–Kier alpha value is -0.780. The maximum atomic E-state index is 12.7. The molecule has 112 valence electrons. The largest absolute Gasteiger partial charge is 0.416 e. The van der Waals surface area contributed by atoms with Gasteiger partial charge in [0.1, 0.15) is 0 Å². The highest BCUT2D eigenvalue weighted by atomic mass is 35.5. The summed E-state index contributed by atoms with van der Waals surface area (Å²) in [5, 5.41) is 0. The van der Waals surface area contributed by atoms with E-state index in [9.17, 15) is 13.2 Å². The van der Waals surface area contributed by atoms with Crippen molar-refractivity contribution < 1.29 is 17.9 Å². The van der Waals surface area contributed by atoms with Gasteiger partial charge in [0.05, 0.1) is 17.8 Å². The Labute approximate surface area is 121 Å². The first kappa shape index (κ1) is 15.6. The molecule has 0 N–H and O–H groups in total. The second kappa shape index (κ2) is 6.33. The van der Waals surface area contributed by atoms with Gasteiger partial charge in [-0.3, -0.25) is 4.90 Å². The van der Waals surface area contributed by atoms with Crippen LogP contribution in [0.1, 0.15) is 18.1 Å². The molecule has 1 saturated heterocycles. The van der Waals surface area contributed by atoms with E-state index in [0.717, 1.165) is 6.07 Å². The van der Waals surface area contributed by atoms with E-state index in [1.54, 1.807) is 6.07 Å². The molecule has 0 aromatic heterocycles. The highest BCUT2D eigenvalue weighted by Gasteiger charge is 2.31. The van der Waals surface area contributed by atoms with Crippen molar-refractivity contribution in [1.29, 1.82) is 0 Å². The van der Waals surface area contributed by atoms with E-state index in [1.165, 1.54) is 12.1 Å². The van der Waals surface area contributed by atoms with Gasteiger partial charge >= 0.3 is 6.18 Å². The second-order valence-electron chi connectivity index (χ2n) is 5.12. The van der Waals surface area contributed by atoms with Gasteiger partial charge in [-0.05, 0) is 18.6 Å². The predicted octanol–water partition coefficient (Wildman–Crippen LogP) is 3.53. The zero-order chi connectivity index (χ0) is 14.8. The number of hydrogen-bond acceptors (Lipinski definition) is 2. The van der Waals surface area contributed by atoms with Crippen LogP contribution in [-0.2, 0) is 17.5 Å². The van der Waals surface area contributed by atoms with Crippen LogP contribution in [0, 0.1) is 0 Å². The lowest BCUT2D eigenvalue weighted by Crippen LogP contribution is -2.46. The SMILES string of the molecule is CC1CN(Cc2cccc(C(F)(F)F)c2)CC(CCl)O1. The zero-order valence-electron chi connectivity index (χ0n) is 11.2. The van der Waals surface area contributed by atoms with Crippen LogP contribution in [0.15, 0.2) is 24.3 Å². The molecule has 0 saturated carbocycles. The van der Waals surface area contributed by atoms with Crippen LogP contribution in [0.5, 0.6) is 0 Å². The van der Waals surface area contributed by atoms with E-state index in [4.69, 9.17) is 16.3 Å². The van der Waals surface area contributed by atoms with Gasteiger partial charge in [-0.2, -0.15) is 13.2 Å². The Kier molecular flexibility index (Phi) is 4.94. The minimum atomic E-state index is -4.30. The topological polar surface area (TPSA) is 12.5 Å². The molecule has 1 fully saturated rings. The molecule has 20 heavy (non-hydrogen) atoms. The summed E-state index contributed by atoms with van der Waals surface area (Å²) in [7, 11) is 0. The molecule has 2 unspecified atom stereocenters. The summed E-state index contributed by atoms with van der Waals surface area (Å²) in [6.45, 7) is 3.76. The minimum Gasteiger partial charge on any atom is -0.371 e. The predicted molar refractivity (Wildman–Crippen MR) is 71.8 cm³/mol. The summed E-state index contributed by atoms with van der Waals surface area (Å²) in [5.41, 5.74) is 0.0486. The molecule has 0 aliphatic carbocycles. The maximum Gasteiger partial charge on any atom is 0.416 e. The van der Waals surface area contributed by atoms with Crippen molar-refractivity contribution in [2.45, 2.75) is 31.9 Å². The molecule has 6 heteroatoms. The van der Waals surface area contributed by atoms with Crippen molar-refractivity contribution in [3.05, 3.63) is 35.4 Å². The lowest BCUT2D eigenvalue weighted by Gasteiger charge is -2.36. The van der Waals surface area contributed by atoms with E-state index in [2.05, 4.69) is 4.90 Å². The minimum absolute atomic E-state index is 0.0401. The van der Waals surface area contributed by atoms with Gasteiger partial charge in [-0.15, -0.1) is 11.6 Å². The molecule has 1 heterocycles. The van der Waals surface area contributed by atoms with Crippen molar-refractivity contribution in [2.75, 3.05) is 19.0 Å². The first-order valence-corrected chi connectivity index (χ1v) is 7.02. The number of halogens is 4. The molecule has 1 aliphatic heterocycles.